The fourth-order valence-corrected chi connectivity index (χ4v) is 4.83. The second kappa shape index (κ2) is 8.29. The van der Waals surface area contributed by atoms with Gasteiger partial charge in [-0.15, -0.1) is 0 Å². The number of hydrogen-bond acceptors (Lipinski definition) is 6. The summed E-state index contributed by atoms with van der Waals surface area (Å²) in [5.41, 5.74) is 8.97. The monoisotopic (exact) mass is 462 g/mol. The third-order valence-corrected chi connectivity index (χ3v) is 6.68. The molecule has 0 saturated carbocycles. The minimum atomic E-state index is 0.220. The highest BCUT2D eigenvalue weighted by atomic mass is 16.3. The van der Waals surface area contributed by atoms with E-state index in [1.807, 2.05) is 61.0 Å². The van der Waals surface area contributed by atoms with Crippen LogP contribution < -0.4 is 0 Å². The Kier molecular flexibility index (Phi) is 5.07. The number of hydrogen-bond donors (Lipinski definition) is 1. The quantitative estimate of drug-likeness (QED) is 0.410. The van der Waals surface area contributed by atoms with Crippen LogP contribution in [0.15, 0.2) is 66.9 Å². The zero-order valence-electron chi connectivity index (χ0n) is 20.0. The molecule has 0 unspecified atom stereocenters. The van der Waals surface area contributed by atoms with Gasteiger partial charge in [-0.2, -0.15) is 15.3 Å². The van der Waals surface area contributed by atoms with E-state index >= 15 is 0 Å². The van der Waals surface area contributed by atoms with Crippen molar-refractivity contribution in [1.82, 2.24) is 29.7 Å². The molecule has 1 aliphatic rings. The van der Waals surface area contributed by atoms with Crippen LogP contribution in [0.3, 0.4) is 0 Å². The highest BCUT2D eigenvalue weighted by Crippen LogP contribution is 2.39. The molecule has 5 aromatic rings. The first-order chi connectivity index (χ1) is 17.0. The third-order valence-electron chi connectivity index (χ3n) is 6.68. The lowest BCUT2D eigenvalue weighted by atomic mass is 9.93. The molecule has 1 fully saturated rings. The number of phenolic OH excluding ortho intramolecular Hbond substituents is 1. The number of nitrogens with zero attached hydrogens (tertiary/aromatic N) is 6. The summed E-state index contributed by atoms with van der Waals surface area (Å²) in [4.78, 5) is 6.83. The van der Waals surface area contributed by atoms with Crippen LogP contribution in [0, 0.1) is 13.8 Å². The van der Waals surface area contributed by atoms with Crippen molar-refractivity contribution in [3.63, 3.8) is 0 Å². The van der Waals surface area contributed by atoms with Crippen LogP contribution in [0.5, 0.6) is 5.75 Å². The van der Waals surface area contributed by atoms with Gasteiger partial charge >= 0.3 is 0 Å². The molecule has 174 valence electrons. The summed E-state index contributed by atoms with van der Waals surface area (Å²) in [5, 5.41) is 24.6. The van der Waals surface area contributed by atoms with E-state index in [0.29, 0.717) is 5.92 Å². The lowest BCUT2D eigenvalue weighted by Crippen LogP contribution is -2.42. The van der Waals surface area contributed by atoms with Gasteiger partial charge in [-0.25, -0.2) is 9.50 Å². The fourth-order valence-electron chi connectivity index (χ4n) is 4.83. The molecule has 0 bridgehead atoms. The number of imidazole rings is 1. The third kappa shape index (κ3) is 3.84. The van der Waals surface area contributed by atoms with Crippen molar-refractivity contribution in [3.8, 4) is 39.4 Å². The number of likely N-dealkylation sites (N-methyl/N-ethyl adjacent to an activating group) is 1. The normalized spacial score (nSPS) is 14.4. The number of rotatable bonds is 4. The Morgan fingerprint density at radius 3 is 2.43 bits per heavy atom. The fraction of sp³-hybridized carbons (Fsp3) is 0.214. The minimum absolute atomic E-state index is 0.220. The molecule has 0 spiro atoms. The molecule has 7 heteroatoms. The summed E-state index contributed by atoms with van der Waals surface area (Å²) in [6, 6.07) is 19.7. The molecule has 35 heavy (non-hydrogen) atoms. The Morgan fingerprint density at radius 1 is 0.857 bits per heavy atom. The van der Waals surface area contributed by atoms with Crippen molar-refractivity contribution in [3.05, 3.63) is 83.8 Å². The molecule has 0 radical (unpaired) electrons. The average molecular weight is 463 g/mol. The van der Waals surface area contributed by atoms with E-state index in [0.717, 1.165) is 69.3 Å². The maximum atomic E-state index is 10.7. The van der Waals surface area contributed by atoms with E-state index in [9.17, 15) is 5.11 Å². The summed E-state index contributed by atoms with van der Waals surface area (Å²) in [6.45, 7) is 6.04. The standard InChI is InChI=1S/C28H26N6O/c1-17-12-26(32-34-14-18(2)29-28(17)34)19-8-9-21(23(13-19)22-6-4-5-7-27(22)35)25-11-10-24(30-31-25)20-15-33(3)16-20/h4-14,20,35H,15-16H2,1-3H3. The van der Waals surface area contributed by atoms with Crippen LogP contribution >= 0.6 is 0 Å². The number of aromatic hydroxyl groups is 1. The van der Waals surface area contributed by atoms with Crippen molar-refractivity contribution in [2.24, 2.45) is 0 Å². The van der Waals surface area contributed by atoms with E-state index in [-0.39, 0.29) is 5.75 Å². The van der Waals surface area contributed by atoms with Crippen LogP contribution in [0.1, 0.15) is 22.9 Å². The van der Waals surface area contributed by atoms with Gasteiger partial charge in [0.1, 0.15) is 5.75 Å². The maximum absolute atomic E-state index is 10.7. The zero-order valence-corrected chi connectivity index (χ0v) is 20.0. The number of para-hydroxylation sites is 1. The molecule has 3 aromatic heterocycles. The molecule has 6 rings (SSSR count). The summed E-state index contributed by atoms with van der Waals surface area (Å²) < 4.78 is 1.83. The predicted octanol–water partition coefficient (Wildman–Crippen LogP) is 4.87. The Hall–Kier alpha value is -4.10. The molecular formula is C28H26N6O. The van der Waals surface area contributed by atoms with Gasteiger partial charge in [-0.05, 0) is 62.4 Å². The van der Waals surface area contributed by atoms with Gasteiger partial charge in [0.15, 0.2) is 5.65 Å². The lowest BCUT2D eigenvalue weighted by molar-refractivity contribution is 0.186. The maximum Gasteiger partial charge on any atom is 0.156 e. The number of fused-ring (bicyclic) bond motifs is 1. The van der Waals surface area contributed by atoms with Crippen molar-refractivity contribution >= 4 is 5.65 Å². The zero-order chi connectivity index (χ0) is 24.1. The van der Waals surface area contributed by atoms with Crippen molar-refractivity contribution in [1.29, 1.82) is 0 Å². The van der Waals surface area contributed by atoms with Gasteiger partial charge < -0.3 is 10.0 Å². The second-order valence-corrected chi connectivity index (χ2v) is 9.40. The van der Waals surface area contributed by atoms with Crippen LogP contribution in [0.2, 0.25) is 0 Å². The first kappa shape index (κ1) is 21.4. The Bertz CT molecular complexity index is 1550. The average Bonchev–Trinajstić information content (AvgIpc) is 3.23. The van der Waals surface area contributed by atoms with Gasteiger partial charge in [-0.1, -0.05) is 30.3 Å². The first-order valence-corrected chi connectivity index (χ1v) is 11.8. The summed E-state index contributed by atoms with van der Waals surface area (Å²) >= 11 is 0. The Morgan fingerprint density at radius 2 is 1.69 bits per heavy atom. The number of likely N-dealkylation sites (tertiary alicyclic amines) is 1. The number of aryl methyl sites for hydroxylation is 2. The van der Waals surface area contributed by atoms with Crippen molar-refractivity contribution < 1.29 is 5.11 Å². The molecule has 0 atom stereocenters. The van der Waals surface area contributed by atoms with Crippen molar-refractivity contribution in [2.45, 2.75) is 19.8 Å². The molecule has 0 amide bonds. The molecule has 7 nitrogen and oxygen atoms in total. The van der Waals surface area contributed by atoms with E-state index < -0.39 is 0 Å². The van der Waals surface area contributed by atoms with E-state index in [1.165, 1.54) is 0 Å². The first-order valence-electron chi connectivity index (χ1n) is 11.8. The van der Waals surface area contributed by atoms with Crippen LogP contribution in [-0.2, 0) is 0 Å². The molecule has 2 aromatic carbocycles. The van der Waals surface area contributed by atoms with Gasteiger partial charge in [0.2, 0.25) is 0 Å². The Labute approximate surface area is 203 Å². The highest BCUT2D eigenvalue weighted by molar-refractivity contribution is 5.87. The van der Waals surface area contributed by atoms with Crippen molar-refractivity contribution in [2.75, 3.05) is 20.1 Å². The number of phenols is 1. The summed E-state index contributed by atoms with van der Waals surface area (Å²) in [5.74, 6) is 0.662. The van der Waals surface area contributed by atoms with E-state index in [2.05, 4.69) is 45.3 Å². The largest absolute Gasteiger partial charge is 0.507 e. The van der Waals surface area contributed by atoms with Crippen LogP contribution in [-0.4, -0.2) is 54.9 Å². The van der Waals surface area contributed by atoms with E-state index in [1.54, 1.807) is 6.07 Å². The molecule has 1 N–H and O–H groups in total. The minimum Gasteiger partial charge on any atom is -0.507 e. The topological polar surface area (TPSA) is 79.4 Å². The Balaban J connectivity index is 1.47. The van der Waals surface area contributed by atoms with E-state index in [4.69, 9.17) is 5.10 Å². The molecular weight excluding hydrogens is 436 g/mol. The van der Waals surface area contributed by atoms with Gasteiger partial charge in [0.05, 0.1) is 29.0 Å². The SMILES string of the molecule is Cc1cn2nc(-c3ccc(-c4ccc(C5CN(C)C5)nn4)c(-c4ccccc4O)c3)cc(C)c2n1. The number of benzene rings is 2. The number of aromatic nitrogens is 5. The lowest BCUT2D eigenvalue weighted by Gasteiger charge is -2.35. The summed E-state index contributed by atoms with van der Waals surface area (Å²) in [7, 11) is 2.11. The molecule has 4 heterocycles. The smallest absolute Gasteiger partial charge is 0.156 e. The summed E-state index contributed by atoms with van der Waals surface area (Å²) in [6.07, 6.45) is 1.93. The van der Waals surface area contributed by atoms with Gasteiger partial charge in [0, 0.05) is 35.7 Å². The van der Waals surface area contributed by atoms with Crippen LogP contribution in [0.4, 0.5) is 0 Å². The predicted molar refractivity (Wildman–Crippen MR) is 136 cm³/mol. The highest BCUT2D eigenvalue weighted by Gasteiger charge is 2.26. The van der Waals surface area contributed by atoms with Crippen LogP contribution in [0.25, 0.3) is 39.3 Å². The molecule has 0 aliphatic carbocycles. The van der Waals surface area contributed by atoms with Gasteiger partial charge in [0.25, 0.3) is 0 Å². The molecule has 1 aliphatic heterocycles. The second-order valence-electron chi connectivity index (χ2n) is 9.40. The molecule has 1 saturated heterocycles. The van der Waals surface area contributed by atoms with Gasteiger partial charge in [-0.3, -0.25) is 0 Å².